The summed E-state index contributed by atoms with van der Waals surface area (Å²) in [5.74, 6) is 0.770. The monoisotopic (exact) mass is 340 g/mol. The van der Waals surface area contributed by atoms with Crippen molar-refractivity contribution in [1.29, 1.82) is 0 Å². The van der Waals surface area contributed by atoms with E-state index in [-0.39, 0.29) is 10.8 Å². The van der Waals surface area contributed by atoms with Crippen molar-refractivity contribution < 1.29 is 8.42 Å². The Morgan fingerprint density at radius 2 is 1.95 bits per heavy atom. The van der Waals surface area contributed by atoms with Crippen LogP contribution in [0.25, 0.3) is 0 Å². The van der Waals surface area contributed by atoms with Crippen molar-refractivity contribution >= 4 is 27.2 Å². The van der Waals surface area contributed by atoms with Gasteiger partial charge in [0.15, 0.2) is 0 Å². The van der Waals surface area contributed by atoms with Crippen molar-refractivity contribution in [3.05, 3.63) is 34.9 Å². The molecule has 22 heavy (non-hydrogen) atoms. The number of rotatable bonds is 6. The molecule has 6 nitrogen and oxygen atoms in total. The van der Waals surface area contributed by atoms with Gasteiger partial charge in [-0.15, -0.1) is 11.3 Å². The molecule has 0 aliphatic heterocycles. The molecule has 1 atom stereocenters. The maximum absolute atomic E-state index is 12.6. The minimum absolute atomic E-state index is 0.0498. The third-order valence-corrected chi connectivity index (χ3v) is 6.11. The third-order valence-electron chi connectivity index (χ3n) is 3.29. The SMILES string of the molecule is CC(CN(C)S(=O)(=O)c1ccc(N(C)C)nc1)c1nccs1. The molecule has 120 valence electrons. The summed E-state index contributed by atoms with van der Waals surface area (Å²) in [7, 11) is 1.76. The molecule has 0 aliphatic carbocycles. The van der Waals surface area contributed by atoms with Crippen LogP contribution in [0, 0.1) is 0 Å². The Kier molecular flexibility index (Phi) is 5.15. The maximum atomic E-state index is 12.6. The van der Waals surface area contributed by atoms with Gasteiger partial charge in [0.05, 0.1) is 5.01 Å². The fraction of sp³-hybridized carbons (Fsp3) is 0.429. The number of aromatic nitrogens is 2. The van der Waals surface area contributed by atoms with Crippen LogP contribution in [0.1, 0.15) is 17.8 Å². The number of likely N-dealkylation sites (N-methyl/N-ethyl adjacent to an activating group) is 1. The van der Waals surface area contributed by atoms with Crippen molar-refractivity contribution in [2.45, 2.75) is 17.7 Å². The Bertz CT molecular complexity index is 697. The maximum Gasteiger partial charge on any atom is 0.244 e. The molecule has 0 N–H and O–H groups in total. The minimum Gasteiger partial charge on any atom is -0.363 e. The van der Waals surface area contributed by atoms with Crippen LogP contribution in [0.5, 0.6) is 0 Å². The van der Waals surface area contributed by atoms with E-state index in [2.05, 4.69) is 9.97 Å². The second kappa shape index (κ2) is 6.72. The second-order valence-corrected chi connectivity index (χ2v) is 8.27. The Labute approximate surface area is 135 Å². The zero-order chi connectivity index (χ0) is 16.3. The summed E-state index contributed by atoms with van der Waals surface area (Å²) in [4.78, 5) is 10.4. The van der Waals surface area contributed by atoms with E-state index < -0.39 is 10.0 Å². The number of hydrogen-bond donors (Lipinski definition) is 0. The minimum atomic E-state index is -3.54. The number of hydrogen-bond acceptors (Lipinski definition) is 6. The van der Waals surface area contributed by atoms with Gasteiger partial charge in [-0.2, -0.15) is 0 Å². The van der Waals surface area contributed by atoms with E-state index in [1.807, 2.05) is 31.3 Å². The molecule has 8 heteroatoms. The van der Waals surface area contributed by atoms with E-state index in [9.17, 15) is 8.42 Å². The Hall–Kier alpha value is -1.51. The Morgan fingerprint density at radius 3 is 2.45 bits per heavy atom. The first-order valence-corrected chi connectivity index (χ1v) is 9.13. The predicted octanol–water partition coefficient (Wildman–Crippen LogP) is 2.03. The lowest BCUT2D eigenvalue weighted by Crippen LogP contribution is -2.30. The average molecular weight is 340 g/mol. The highest BCUT2D eigenvalue weighted by Crippen LogP contribution is 2.22. The molecule has 0 saturated carbocycles. The first-order chi connectivity index (χ1) is 10.3. The summed E-state index contributed by atoms with van der Waals surface area (Å²) in [5.41, 5.74) is 0. The zero-order valence-electron chi connectivity index (χ0n) is 13.1. The molecule has 2 aromatic heterocycles. The second-order valence-electron chi connectivity index (χ2n) is 5.30. The van der Waals surface area contributed by atoms with Gasteiger partial charge in [0.25, 0.3) is 0 Å². The quantitative estimate of drug-likeness (QED) is 0.805. The highest BCUT2D eigenvalue weighted by Gasteiger charge is 2.24. The van der Waals surface area contributed by atoms with Crippen molar-refractivity contribution in [2.24, 2.45) is 0 Å². The van der Waals surface area contributed by atoms with Gasteiger partial charge in [-0.05, 0) is 12.1 Å². The van der Waals surface area contributed by atoms with Gasteiger partial charge < -0.3 is 4.90 Å². The molecule has 2 heterocycles. The molecule has 0 spiro atoms. The van der Waals surface area contributed by atoms with E-state index in [0.717, 1.165) is 10.8 Å². The van der Waals surface area contributed by atoms with Crippen LogP contribution in [0.15, 0.2) is 34.8 Å². The lowest BCUT2D eigenvalue weighted by atomic mass is 10.2. The smallest absolute Gasteiger partial charge is 0.244 e. The van der Waals surface area contributed by atoms with Crippen molar-refractivity contribution in [3.8, 4) is 0 Å². The van der Waals surface area contributed by atoms with Crippen molar-refractivity contribution in [1.82, 2.24) is 14.3 Å². The molecular weight excluding hydrogens is 320 g/mol. The van der Waals surface area contributed by atoms with Crippen LogP contribution in [0.2, 0.25) is 0 Å². The molecule has 0 aliphatic rings. The van der Waals surface area contributed by atoms with Crippen LogP contribution < -0.4 is 4.90 Å². The summed E-state index contributed by atoms with van der Waals surface area (Å²) in [6.07, 6.45) is 3.13. The summed E-state index contributed by atoms with van der Waals surface area (Å²) in [6, 6.07) is 3.28. The number of nitrogens with zero attached hydrogens (tertiary/aromatic N) is 4. The largest absolute Gasteiger partial charge is 0.363 e. The van der Waals surface area contributed by atoms with E-state index >= 15 is 0 Å². The third kappa shape index (κ3) is 3.63. The molecule has 0 saturated heterocycles. The van der Waals surface area contributed by atoms with Gasteiger partial charge in [-0.3, -0.25) is 0 Å². The molecule has 2 rings (SSSR count). The number of thiazole rings is 1. The fourth-order valence-electron chi connectivity index (χ4n) is 2.01. The highest BCUT2D eigenvalue weighted by molar-refractivity contribution is 7.89. The zero-order valence-corrected chi connectivity index (χ0v) is 14.7. The van der Waals surface area contributed by atoms with Gasteiger partial charge in [-0.1, -0.05) is 6.92 Å². The van der Waals surface area contributed by atoms with E-state index in [4.69, 9.17) is 0 Å². The van der Waals surface area contributed by atoms with Gasteiger partial charge >= 0.3 is 0 Å². The average Bonchev–Trinajstić information content (AvgIpc) is 3.01. The number of sulfonamides is 1. The molecule has 0 amide bonds. The Morgan fingerprint density at radius 1 is 1.23 bits per heavy atom. The molecule has 0 bridgehead atoms. The van der Waals surface area contributed by atoms with Crippen LogP contribution in [-0.4, -0.2) is 50.4 Å². The molecular formula is C14H20N4O2S2. The van der Waals surface area contributed by atoms with Crippen molar-refractivity contribution in [2.75, 3.05) is 32.6 Å². The normalized spacial score (nSPS) is 13.3. The van der Waals surface area contributed by atoms with E-state index in [1.54, 1.807) is 25.4 Å². The topological polar surface area (TPSA) is 66.4 Å². The summed E-state index contributed by atoms with van der Waals surface area (Å²) in [5, 5.41) is 2.83. The van der Waals surface area contributed by atoms with Crippen molar-refractivity contribution in [3.63, 3.8) is 0 Å². The van der Waals surface area contributed by atoms with E-state index in [0.29, 0.717) is 6.54 Å². The van der Waals surface area contributed by atoms with Gasteiger partial charge in [-0.25, -0.2) is 22.7 Å². The van der Waals surface area contributed by atoms with Crippen LogP contribution in [0.4, 0.5) is 5.82 Å². The summed E-state index contributed by atoms with van der Waals surface area (Å²) < 4.78 is 26.5. The fourth-order valence-corrected chi connectivity index (χ4v) is 3.90. The molecule has 0 radical (unpaired) electrons. The number of pyridine rings is 1. The lowest BCUT2D eigenvalue weighted by molar-refractivity contribution is 0.445. The molecule has 0 fully saturated rings. The standard InChI is InChI=1S/C14H20N4O2S2/c1-11(14-15-7-8-21-14)10-18(4)22(19,20)12-5-6-13(16-9-12)17(2)3/h5-9,11H,10H2,1-4H3. The van der Waals surface area contributed by atoms with Crippen LogP contribution >= 0.6 is 11.3 Å². The molecule has 2 aromatic rings. The predicted molar refractivity (Wildman–Crippen MR) is 88.9 cm³/mol. The van der Waals surface area contributed by atoms with Crippen LogP contribution in [0.3, 0.4) is 0 Å². The summed E-state index contributed by atoms with van der Waals surface area (Å²) in [6.45, 7) is 2.35. The van der Waals surface area contributed by atoms with E-state index in [1.165, 1.54) is 21.8 Å². The van der Waals surface area contributed by atoms with Gasteiger partial charge in [0.1, 0.15) is 10.7 Å². The Balaban J connectivity index is 2.15. The lowest BCUT2D eigenvalue weighted by Gasteiger charge is -2.20. The van der Waals surface area contributed by atoms with Crippen LogP contribution in [-0.2, 0) is 10.0 Å². The number of anilines is 1. The first kappa shape index (κ1) is 16.9. The highest BCUT2D eigenvalue weighted by atomic mass is 32.2. The molecule has 0 aromatic carbocycles. The van der Waals surface area contributed by atoms with Gasteiger partial charge in [0, 0.05) is 51.4 Å². The first-order valence-electron chi connectivity index (χ1n) is 6.81. The van der Waals surface area contributed by atoms with Gasteiger partial charge in [0.2, 0.25) is 10.0 Å². The summed E-state index contributed by atoms with van der Waals surface area (Å²) >= 11 is 1.53. The molecule has 1 unspecified atom stereocenters.